The average Bonchev–Trinajstić information content (AvgIpc) is 2.52. The van der Waals surface area contributed by atoms with Crippen LogP contribution in [0.3, 0.4) is 0 Å². The fraction of sp³-hybridized carbons (Fsp3) is 0. The van der Waals surface area contributed by atoms with Crippen LogP contribution in [0.2, 0.25) is 5.02 Å². The van der Waals surface area contributed by atoms with Crippen LogP contribution in [0, 0.1) is 0 Å². The predicted molar refractivity (Wildman–Crippen MR) is 89.9 cm³/mol. The Morgan fingerprint density at radius 1 is 0.870 bits per heavy atom. The van der Waals surface area contributed by atoms with E-state index in [2.05, 4.69) is 4.40 Å². The fourth-order valence-corrected chi connectivity index (χ4v) is 3.49. The highest BCUT2D eigenvalue weighted by Crippen LogP contribution is 2.25. The van der Waals surface area contributed by atoms with Crippen molar-refractivity contribution in [2.45, 2.75) is 4.90 Å². The lowest BCUT2D eigenvalue weighted by Gasteiger charge is -2.14. The number of allylic oxidation sites excluding steroid dienone is 2. The summed E-state index contributed by atoms with van der Waals surface area (Å²) in [4.78, 5) is 12.0. The minimum Gasteiger partial charge on any atom is -0.288 e. The molecule has 0 radical (unpaired) electrons. The molecule has 4 nitrogen and oxygen atoms in total. The Morgan fingerprint density at radius 2 is 1.48 bits per heavy atom. The van der Waals surface area contributed by atoms with Gasteiger partial charge in [-0.1, -0.05) is 47.5 Å². The van der Waals surface area contributed by atoms with E-state index >= 15 is 0 Å². The molecule has 0 fully saturated rings. The standard InChI is InChI=1S/C16H9Cl2NO3S/c17-10-5-7-11(8-6-10)23(21,22)19-15-9-14(18)16(20)13-4-2-1-3-12(13)15/h1-9H. The lowest BCUT2D eigenvalue weighted by molar-refractivity contribution is 0.104. The first-order chi connectivity index (χ1) is 10.9. The molecule has 0 amide bonds. The highest BCUT2D eigenvalue weighted by molar-refractivity contribution is 7.90. The first-order valence-corrected chi connectivity index (χ1v) is 8.70. The molecule has 3 rings (SSSR count). The van der Waals surface area contributed by atoms with Gasteiger partial charge in [0, 0.05) is 16.1 Å². The minimum absolute atomic E-state index is 0.00769. The number of hydrogen-bond acceptors (Lipinski definition) is 3. The number of ketones is 1. The normalized spacial score (nSPS) is 16.2. The van der Waals surface area contributed by atoms with Crippen LogP contribution in [0.15, 0.2) is 68.9 Å². The van der Waals surface area contributed by atoms with E-state index in [1.165, 1.54) is 30.3 Å². The summed E-state index contributed by atoms with van der Waals surface area (Å²) in [5.74, 6) is -0.356. The summed E-state index contributed by atoms with van der Waals surface area (Å²) in [5.41, 5.74) is 0.879. The Morgan fingerprint density at radius 3 is 2.13 bits per heavy atom. The highest BCUT2D eigenvalue weighted by Gasteiger charge is 2.24. The Kier molecular flexibility index (Phi) is 4.10. The van der Waals surface area contributed by atoms with Gasteiger partial charge in [-0.25, -0.2) is 0 Å². The van der Waals surface area contributed by atoms with Gasteiger partial charge in [0.15, 0.2) is 0 Å². The van der Waals surface area contributed by atoms with Crippen molar-refractivity contribution in [3.8, 4) is 0 Å². The van der Waals surface area contributed by atoms with Gasteiger partial charge in [0.1, 0.15) is 0 Å². The number of benzene rings is 2. The molecule has 0 saturated heterocycles. The summed E-state index contributed by atoms with van der Waals surface area (Å²) in [7, 11) is -3.95. The van der Waals surface area contributed by atoms with Gasteiger partial charge < -0.3 is 0 Å². The van der Waals surface area contributed by atoms with Crippen LogP contribution in [-0.4, -0.2) is 19.9 Å². The zero-order valence-electron chi connectivity index (χ0n) is 11.5. The van der Waals surface area contributed by atoms with Crippen LogP contribution in [0.1, 0.15) is 15.9 Å². The number of carbonyl (C=O) groups is 1. The number of hydrogen-bond donors (Lipinski definition) is 0. The van der Waals surface area contributed by atoms with E-state index in [1.54, 1.807) is 24.3 Å². The lowest BCUT2D eigenvalue weighted by atomic mass is 9.94. The van der Waals surface area contributed by atoms with Gasteiger partial charge in [-0.15, -0.1) is 0 Å². The fourth-order valence-electron chi connectivity index (χ4n) is 2.16. The Hall–Kier alpha value is -1.95. The van der Waals surface area contributed by atoms with Crippen LogP contribution in [0.5, 0.6) is 0 Å². The van der Waals surface area contributed by atoms with E-state index in [-0.39, 0.29) is 21.4 Å². The second-order valence-electron chi connectivity index (χ2n) is 4.77. The summed E-state index contributed by atoms with van der Waals surface area (Å²) in [6.07, 6.45) is 1.26. The van der Waals surface area contributed by atoms with Crippen LogP contribution in [0.25, 0.3) is 0 Å². The van der Waals surface area contributed by atoms with Crippen LogP contribution in [-0.2, 0) is 10.0 Å². The van der Waals surface area contributed by atoms with Crippen molar-refractivity contribution < 1.29 is 13.2 Å². The predicted octanol–water partition coefficient (Wildman–Crippen LogP) is 3.84. The number of Topliss-reactive ketones (excluding diaryl/α,β-unsaturated/α-hetero) is 1. The maximum absolute atomic E-state index is 12.4. The van der Waals surface area contributed by atoms with E-state index in [0.717, 1.165) is 0 Å². The van der Waals surface area contributed by atoms with E-state index in [9.17, 15) is 13.2 Å². The first-order valence-electron chi connectivity index (χ1n) is 6.50. The highest BCUT2D eigenvalue weighted by atomic mass is 35.5. The largest absolute Gasteiger partial charge is 0.288 e. The van der Waals surface area contributed by atoms with Crippen molar-refractivity contribution in [2.75, 3.05) is 0 Å². The molecule has 116 valence electrons. The molecular weight excluding hydrogens is 357 g/mol. The second-order valence-corrected chi connectivity index (χ2v) is 7.22. The van der Waals surface area contributed by atoms with Crippen molar-refractivity contribution in [1.82, 2.24) is 0 Å². The number of sulfonamides is 1. The third kappa shape index (κ3) is 3.08. The van der Waals surface area contributed by atoms with Gasteiger partial charge >= 0.3 is 0 Å². The van der Waals surface area contributed by atoms with Crippen molar-refractivity contribution in [2.24, 2.45) is 4.40 Å². The molecule has 0 heterocycles. The van der Waals surface area contributed by atoms with Gasteiger partial charge in [0.2, 0.25) is 5.78 Å². The molecule has 0 spiro atoms. The second kappa shape index (κ2) is 5.92. The number of carbonyl (C=O) groups excluding carboxylic acids is 1. The van der Waals surface area contributed by atoms with Gasteiger partial charge in [-0.05, 0) is 30.3 Å². The summed E-state index contributed by atoms with van der Waals surface area (Å²) < 4.78 is 28.7. The first kappa shape index (κ1) is 15.9. The molecule has 0 saturated carbocycles. The minimum atomic E-state index is -3.95. The van der Waals surface area contributed by atoms with Crippen LogP contribution < -0.4 is 0 Å². The van der Waals surface area contributed by atoms with E-state index in [0.29, 0.717) is 16.1 Å². The van der Waals surface area contributed by atoms with Crippen molar-refractivity contribution >= 4 is 44.7 Å². The SMILES string of the molecule is O=C1C(Cl)=CC(=NS(=O)(=O)c2ccc(Cl)cc2)c2ccccc21. The smallest absolute Gasteiger partial charge is 0.282 e. The monoisotopic (exact) mass is 365 g/mol. The average molecular weight is 366 g/mol. The molecule has 0 aliphatic heterocycles. The van der Waals surface area contributed by atoms with Crippen LogP contribution in [0.4, 0.5) is 0 Å². The molecule has 2 aromatic rings. The summed E-state index contributed by atoms with van der Waals surface area (Å²) >= 11 is 11.7. The summed E-state index contributed by atoms with van der Waals surface area (Å²) in [5, 5.41) is 0.349. The van der Waals surface area contributed by atoms with Gasteiger partial charge in [0.05, 0.1) is 15.6 Å². The molecule has 0 bridgehead atoms. The summed E-state index contributed by atoms with van der Waals surface area (Å²) in [6.45, 7) is 0. The molecule has 1 aliphatic carbocycles. The zero-order valence-corrected chi connectivity index (χ0v) is 13.9. The van der Waals surface area contributed by atoms with Crippen molar-refractivity contribution in [3.05, 3.63) is 75.8 Å². The lowest BCUT2D eigenvalue weighted by Crippen LogP contribution is -2.16. The maximum Gasteiger partial charge on any atom is 0.282 e. The van der Waals surface area contributed by atoms with Crippen LogP contribution >= 0.6 is 23.2 Å². The molecule has 0 aromatic heterocycles. The molecule has 1 aliphatic rings. The molecule has 0 atom stereocenters. The summed E-state index contributed by atoms with van der Waals surface area (Å²) in [6, 6.07) is 12.3. The van der Waals surface area contributed by atoms with Gasteiger partial charge in [0.25, 0.3) is 10.0 Å². The molecule has 0 unspecified atom stereocenters. The van der Waals surface area contributed by atoms with E-state index in [1.807, 2.05) is 0 Å². The Balaban J connectivity index is 2.15. The van der Waals surface area contributed by atoms with E-state index < -0.39 is 10.0 Å². The number of rotatable bonds is 2. The number of nitrogens with zero attached hydrogens (tertiary/aromatic N) is 1. The quantitative estimate of drug-likeness (QED) is 0.811. The van der Waals surface area contributed by atoms with Crippen molar-refractivity contribution in [3.63, 3.8) is 0 Å². The van der Waals surface area contributed by atoms with Crippen molar-refractivity contribution in [1.29, 1.82) is 0 Å². The maximum atomic E-state index is 12.4. The van der Waals surface area contributed by atoms with E-state index in [4.69, 9.17) is 23.2 Å². The molecule has 0 N–H and O–H groups in total. The number of halogens is 2. The Bertz CT molecular complexity index is 961. The third-order valence-corrected chi connectivity index (χ3v) is 5.10. The zero-order chi connectivity index (χ0) is 16.6. The van der Waals surface area contributed by atoms with Gasteiger partial charge in [-0.2, -0.15) is 12.8 Å². The number of fused-ring (bicyclic) bond motifs is 1. The molecular formula is C16H9Cl2NO3S. The topological polar surface area (TPSA) is 63.6 Å². The van der Waals surface area contributed by atoms with Gasteiger partial charge in [-0.3, -0.25) is 4.79 Å². The molecule has 7 heteroatoms. The molecule has 2 aromatic carbocycles. The molecule has 23 heavy (non-hydrogen) atoms. The Labute approximate surface area is 143 Å². The third-order valence-electron chi connectivity index (χ3n) is 3.26.